The summed E-state index contributed by atoms with van der Waals surface area (Å²) in [5, 5.41) is 11.9. The van der Waals surface area contributed by atoms with Gasteiger partial charge in [-0.1, -0.05) is 36.9 Å². The molecular formula is C28H24F3N5O2. The summed E-state index contributed by atoms with van der Waals surface area (Å²) < 4.78 is 40.2. The highest BCUT2D eigenvalue weighted by molar-refractivity contribution is 6.07. The van der Waals surface area contributed by atoms with Crippen LogP contribution in [0.5, 0.6) is 0 Å². The van der Waals surface area contributed by atoms with Crippen molar-refractivity contribution in [2.75, 3.05) is 24.5 Å². The predicted molar refractivity (Wildman–Crippen MR) is 137 cm³/mol. The first-order valence-electron chi connectivity index (χ1n) is 11.8. The molecular weight excluding hydrogens is 495 g/mol. The van der Waals surface area contributed by atoms with Crippen LogP contribution in [0.25, 0.3) is 0 Å². The monoisotopic (exact) mass is 519 g/mol. The molecule has 4 rings (SSSR count). The van der Waals surface area contributed by atoms with Crippen LogP contribution in [0.15, 0.2) is 89.6 Å². The maximum absolute atomic E-state index is 13.6. The Morgan fingerprint density at radius 2 is 1.92 bits per heavy atom. The van der Waals surface area contributed by atoms with Gasteiger partial charge in [0.05, 0.1) is 46.7 Å². The van der Waals surface area contributed by atoms with Crippen molar-refractivity contribution in [3.63, 3.8) is 0 Å². The molecule has 0 bridgehead atoms. The average molecular weight is 520 g/mol. The number of aliphatic imine (C=N–C) groups is 1. The Morgan fingerprint density at radius 1 is 1.16 bits per heavy atom. The lowest BCUT2D eigenvalue weighted by atomic mass is 9.94. The molecule has 2 aromatic rings. The van der Waals surface area contributed by atoms with Gasteiger partial charge in [-0.15, -0.1) is 0 Å². The zero-order chi connectivity index (χ0) is 27.3. The van der Waals surface area contributed by atoms with Crippen molar-refractivity contribution < 1.29 is 22.8 Å². The van der Waals surface area contributed by atoms with E-state index in [1.165, 1.54) is 12.1 Å². The van der Waals surface area contributed by atoms with Crippen LogP contribution in [-0.4, -0.2) is 42.7 Å². The minimum Gasteiger partial charge on any atom is -0.333 e. The van der Waals surface area contributed by atoms with Crippen molar-refractivity contribution in [3.8, 4) is 6.07 Å². The third kappa shape index (κ3) is 5.52. The van der Waals surface area contributed by atoms with Gasteiger partial charge in [0, 0.05) is 19.3 Å². The number of alkyl halides is 3. The molecule has 2 heterocycles. The molecule has 0 fully saturated rings. The fourth-order valence-corrected chi connectivity index (χ4v) is 4.39. The number of nitrogens with one attached hydrogen (secondary N) is 1. The van der Waals surface area contributed by atoms with E-state index < -0.39 is 23.8 Å². The number of nitriles is 1. The van der Waals surface area contributed by atoms with Gasteiger partial charge in [0.2, 0.25) is 0 Å². The Kier molecular flexibility index (Phi) is 7.76. The molecule has 2 aromatic carbocycles. The molecule has 1 atom stereocenters. The van der Waals surface area contributed by atoms with Crippen molar-refractivity contribution >= 4 is 23.8 Å². The normalized spacial score (nSPS) is 17.8. The van der Waals surface area contributed by atoms with Crippen LogP contribution >= 0.6 is 0 Å². The predicted octanol–water partition coefficient (Wildman–Crippen LogP) is 5.15. The van der Waals surface area contributed by atoms with Gasteiger partial charge in [0.1, 0.15) is 0 Å². The largest absolute Gasteiger partial charge is 0.416 e. The number of urea groups is 1. The highest BCUT2D eigenvalue weighted by Gasteiger charge is 2.44. The number of halogens is 3. The van der Waals surface area contributed by atoms with Crippen LogP contribution in [0, 0.1) is 11.3 Å². The number of carbonyl (C=O) groups excluding carboxylic acids is 2. The Bertz CT molecular complexity index is 1370. The maximum atomic E-state index is 13.6. The zero-order valence-corrected chi connectivity index (χ0v) is 20.3. The van der Waals surface area contributed by atoms with Crippen LogP contribution in [0.1, 0.15) is 29.2 Å². The van der Waals surface area contributed by atoms with Crippen molar-refractivity contribution in [2.24, 2.45) is 4.99 Å². The highest BCUT2D eigenvalue weighted by Crippen LogP contribution is 2.40. The third-order valence-electron chi connectivity index (χ3n) is 6.16. The number of anilines is 1. The van der Waals surface area contributed by atoms with Gasteiger partial charge in [0.25, 0.3) is 5.91 Å². The molecule has 1 N–H and O–H groups in total. The molecule has 0 saturated heterocycles. The zero-order valence-electron chi connectivity index (χ0n) is 20.3. The van der Waals surface area contributed by atoms with Gasteiger partial charge in [-0.25, -0.2) is 4.79 Å². The second-order valence-corrected chi connectivity index (χ2v) is 8.62. The molecule has 0 aliphatic carbocycles. The SMILES string of the molecule is C=C/C=C\C=NCCCN1CC2=C(C1=O)[C@@H](c1ccc(C#N)cc1)NC(=O)N2c1cccc(C(F)(F)F)c1. The Hall–Kier alpha value is -4.65. The minimum atomic E-state index is -4.59. The van der Waals surface area contributed by atoms with Gasteiger partial charge in [-0.2, -0.15) is 18.4 Å². The lowest BCUT2D eigenvalue weighted by Gasteiger charge is -2.33. The molecule has 38 heavy (non-hydrogen) atoms. The minimum absolute atomic E-state index is 0.0105. The first-order chi connectivity index (χ1) is 18.2. The maximum Gasteiger partial charge on any atom is 0.416 e. The van der Waals surface area contributed by atoms with Crippen LogP contribution in [0.3, 0.4) is 0 Å². The standard InChI is InChI=1S/C28H24F3N5O2/c1-2-3-4-13-33-14-6-15-35-18-23-24(26(35)37)25(20-11-9-19(17-32)10-12-20)34-27(38)36(23)22-8-5-7-21(16-22)28(29,30)31/h2-5,7-13,16,25H,1,6,14-15,18H2,(H,34,38)/b4-3-,33-13?/t25-/m1/s1. The quantitative estimate of drug-likeness (QED) is 0.297. The average Bonchev–Trinajstić information content (AvgIpc) is 3.23. The molecule has 0 radical (unpaired) electrons. The van der Waals surface area contributed by atoms with Crippen molar-refractivity contribution in [2.45, 2.75) is 18.6 Å². The molecule has 2 aliphatic rings. The summed E-state index contributed by atoms with van der Waals surface area (Å²) in [6.07, 6.45) is 2.69. The molecule has 0 unspecified atom stereocenters. The first kappa shape index (κ1) is 26.4. The van der Waals surface area contributed by atoms with E-state index >= 15 is 0 Å². The lowest BCUT2D eigenvalue weighted by molar-refractivity contribution is -0.137. The molecule has 10 heteroatoms. The second kappa shape index (κ2) is 11.2. The van der Waals surface area contributed by atoms with E-state index in [1.807, 2.05) is 6.07 Å². The van der Waals surface area contributed by atoms with Gasteiger partial charge in [-0.05, 0) is 48.4 Å². The summed E-state index contributed by atoms with van der Waals surface area (Å²) in [6, 6.07) is 11.5. The molecule has 0 spiro atoms. The van der Waals surface area contributed by atoms with Gasteiger partial charge < -0.3 is 10.2 Å². The van der Waals surface area contributed by atoms with Crippen molar-refractivity contribution in [1.29, 1.82) is 5.26 Å². The number of benzene rings is 2. The van der Waals surface area contributed by atoms with Crippen LogP contribution in [0.2, 0.25) is 0 Å². The fourth-order valence-electron chi connectivity index (χ4n) is 4.39. The van der Waals surface area contributed by atoms with Crippen molar-refractivity contribution in [3.05, 3.63) is 101 Å². The highest BCUT2D eigenvalue weighted by atomic mass is 19.4. The van der Waals surface area contributed by atoms with Crippen LogP contribution in [0.4, 0.5) is 23.7 Å². The number of hydrogen-bond donors (Lipinski definition) is 1. The summed E-state index contributed by atoms with van der Waals surface area (Å²) in [5.74, 6) is -0.318. The number of hydrogen-bond acceptors (Lipinski definition) is 4. The number of allylic oxidation sites excluding steroid dienone is 3. The van der Waals surface area contributed by atoms with E-state index in [2.05, 4.69) is 16.9 Å². The van der Waals surface area contributed by atoms with Crippen LogP contribution in [-0.2, 0) is 11.0 Å². The van der Waals surface area contributed by atoms with Crippen molar-refractivity contribution in [1.82, 2.24) is 10.2 Å². The van der Waals surface area contributed by atoms with Crippen LogP contribution < -0.4 is 10.2 Å². The summed E-state index contributed by atoms with van der Waals surface area (Å²) in [4.78, 5) is 33.8. The van der Waals surface area contributed by atoms with E-state index in [0.29, 0.717) is 36.3 Å². The Morgan fingerprint density at radius 3 is 2.61 bits per heavy atom. The summed E-state index contributed by atoms with van der Waals surface area (Å²) in [6.45, 7) is 4.45. The summed E-state index contributed by atoms with van der Waals surface area (Å²) in [7, 11) is 0. The number of nitrogens with zero attached hydrogens (tertiary/aromatic N) is 4. The molecule has 3 amide bonds. The number of carbonyl (C=O) groups is 2. The topological polar surface area (TPSA) is 88.8 Å². The van der Waals surface area contributed by atoms with E-state index in [1.54, 1.807) is 53.6 Å². The van der Waals surface area contributed by atoms with E-state index in [0.717, 1.165) is 17.0 Å². The Balaban J connectivity index is 1.67. The molecule has 7 nitrogen and oxygen atoms in total. The number of amides is 3. The van der Waals surface area contributed by atoms with E-state index in [-0.39, 0.29) is 23.7 Å². The van der Waals surface area contributed by atoms with Gasteiger partial charge >= 0.3 is 12.2 Å². The molecule has 2 aliphatic heterocycles. The number of rotatable bonds is 8. The summed E-state index contributed by atoms with van der Waals surface area (Å²) in [5.41, 5.74) is 0.718. The second-order valence-electron chi connectivity index (χ2n) is 8.62. The summed E-state index contributed by atoms with van der Waals surface area (Å²) >= 11 is 0. The van der Waals surface area contributed by atoms with E-state index in [9.17, 15) is 22.8 Å². The smallest absolute Gasteiger partial charge is 0.333 e. The fraction of sp³-hybridized carbons (Fsp3) is 0.214. The Labute approximate surface area is 217 Å². The lowest BCUT2D eigenvalue weighted by Crippen LogP contribution is -2.47. The molecule has 194 valence electrons. The molecule has 0 saturated carbocycles. The van der Waals surface area contributed by atoms with Gasteiger partial charge in [-0.3, -0.25) is 14.7 Å². The van der Waals surface area contributed by atoms with E-state index in [4.69, 9.17) is 5.26 Å². The first-order valence-corrected chi connectivity index (χ1v) is 11.8. The molecule has 0 aromatic heterocycles. The van der Waals surface area contributed by atoms with Gasteiger partial charge in [0.15, 0.2) is 0 Å². The third-order valence-corrected chi connectivity index (χ3v) is 6.16.